The van der Waals surface area contributed by atoms with Crippen molar-refractivity contribution < 1.29 is 0 Å². The number of nitrogens with zero attached hydrogens (tertiary/aromatic N) is 2. The number of rotatable bonds is 5. The monoisotopic (exact) mass is 263 g/mol. The minimum Gasteiger partial charge on any atom is -0.312 e. The minimum absolute atomic E-state index is 0.529. The van der Waals surface area contributed by atoms with Crippen LogP contribution in [0.1, 0.15) is 58.1 Å². The van der Waals surface area contributed by atoms with E-state index in [1.165, 1.54) is 31.2 Å². The van der Waals surface area contributed by atoms with Crippen LogP contribution in [0.15, 0.2) is 12.4 Å². The second-order valence-electron chi connectivity index (χ2n) is 6.44. The standard InChI is InChI=1S/C16H29N3/c1-5-8-17-15-7-6-14(12(2)3)9-16(15)19-11-13(4)10-18-19/h10-12,14-17H,5-9H2,1-4H3. The first-order chi connectivity index (χ1) is 9.11. The van der Waals surface area contributed by atoms with E-state index in [9.17, 15) is 0 Å². The molecule has 1 heterocycles. The molecule has 0 aromatic carbocycles. The molecule has 19 heavy (non-hydrogen) atoms. The maximum Gasteiger partial charge on any atom is 0.0674 e. The van der Waals surface area contributed by atoms with Crippen LogP contribution in [0.3, 0.4) is 0 Å². The van der Waals surface area contributed by atoms with Crippen molar-refractivity contribution in [2.75, 3.05) is 6.54 Å². The van der Waals surface area contributed by atoms with Crippen LogP contribution in [-0.2, 0) is 0 Å². The van der Waals surface area contributed by atoms with Gasteiger partial charge in [-0.25, -0.2) is 0 Å². The smallest absolute Gasteiger partial charge is 0.0674 e. The predicted octanol–water partition coefficient (Wildman–Crippen LogP) is 3.56. The van der Waals surface area contributed by atoms with E-state index in [-0.39, 0.29) is 0 Å². The summed E-state index contributed by atoms with van der Waals surface area (Å²) >= 11 is 0. The maximum absolute atomic E-state index is 4.57. The normalized spacial score (nSPS) is 27.9. The molecule has 1 N–H and O–H groups in total. The summed E-state index contributed by atoms with van der Waals surface area (Å²) in [6.07, 6.45) is 9.29. The van der Waals surface area contributed by atoms with Crippen molar-refractivity contribution in [3.8, 4) is 0 Å². The quantitative estimate of drug-likeness (QED) is 0.880. The van der Waals surface area contributed by atoms with Gasteiger partial charge in [0.15, 0.2) is 0 Å². The third-order valence-electron chi connectivity index (χ3n) is 4.53. The van der Waals surface area contributed by atoms with E-state index in [0.717, 1.165) is 18.4 Å². The molecular weight excluding hydrogens is 234 g/mol. The summed E-state index contributed by atoms with van der Waals surface area (Å²) in [5, 5.41) is 8.30. The second kappa shape index (κ2) is 6.56. The zero-order chi connectivity index (χ0) is 13.8. The Bertz CT molecular complexity index is 383. The zero-order valence-electron chi connectivity index (χ0n) is 12.9. The lowest BCUT2D eigenvalue weighted by Gasteiger charge is -2.38. The fraction of sp³-hybridized carbons (Fsp3) is 0.812. The van der Waals surface area contributed by atoms with Gasteiger partial charge in [-0.1, -0.05) is 20.8 Å². The molecule has 3 atom stereocenters. The van der Waals surface area contributed by atoms with Crippen LogP contribution in [0.5, 0.6) is 0 Å². The average molecular weight is 263 g/mol. The summed E-state index contributed by atoms with van der Waals surface area (Å²) in [6, 6.07) is 1.12. The van der Waals surface area contributed by atoms with Gasteiger partial charge in [0.05, 0.1) is 12.2 Å². The lowest BCUT2D eigenvalue weighted by atomic mass is 9.77. The molecule has 3 unspecified atom stereocenters. The Morgan fingerprint density at radius 1 is 1.42 bits per heavy atom. The molecule has 0 aliphatic heterocycles. The molecule has 1 aliphatic carbocycles. The molecule has 0 radical (unpaired) electrons. The Labute approximate surface area is 117 Å². The lowest BCUT2D eigenvalue weighted by Crippen LogP contribution is -2.43. The van der Waals surface area contributed by atoms with Crippen molar-refractivity contribution in [3.63, 3.8) is 0 Å². The van der Waals surface area contributed by atoms with Crippen molar-refractivity contribution in [1.82, 2.24) is 15.1 Å². The third kappa shape index (κ3) is 3.59. The van der Waals surface area contributed by atoms with Gasteiger partial charge in [0, 0.05) is 12.2 Å². The molecule has 1 saturated carbocycles. The van der Waals surface area contributed by atoms with E-state index in [2.05, 4.69) is 49.0 Å². The van der Waals surface area contributed by atoms with Gasteiger partial charge in [-0.2, -0.15) is 5.10 Å². The van der Waals surface area contributed by atoms with Crippen LogP contribution in [0.25, 0.3) is 0 Å². The summed E-state index contributed by atoms with van der Waals surface area (Å²) in [5.41, 5.74) is 1.26. The zero-order valence-corrected chi connectivity index (χ0v) is 12.9. The van der Waals surface area contributed by atoms with Crippen molar-refractivity contribution in [3.05, 3.63) is 18.0 Å². The molecule has 0 saturated heterocycles. The number of aromatic nitrogens is 2. The van der Waals surface area contributed by atoms with Gasteiger partial charge in [-0.3, -0.25) is 4.68 Å². The Hall–Kier alpha value is -0.830. The van der Waals surface area contributed by atoms with Crippen LogP contribution < -0.4 is 5.32 Å². The van der Waals surface area contributed by atoms with Gasteiger partial charge in [-0.05, 0) is 56.6 Å². The molecule has 108 valence electrons. The van der Waals surface area contributed by atoms with E-state index in [1.807, 2.05) is 6.20 Å². The molecular formula is C16H29N3. The molecule has 0 spiro atoms. The highest BCUT2D eigenvalue weighted by atomic mass is 15.3. The predicted molar refractivity (Wildman–Crippen MR) is 80.3 cm³/mol. The SMILES string of the molecule is CCCNC1CCC(C(C)C)CC1n1cc(C)cn1. The van der Waals surface area contributed by atoms with Crippen LogP contribution in [0.2, 0.25) is 0 Å². The molecule has 0 amide bonds. The number of hydrogen-bond acceptors (Lipinski definition) is 2. The summed E-state index contributed by atoms with van der Waals surface area (Å²) < 4.78 is 2.21. The number of nitrogens with one attached hydrogen (secondary N) is 1. The van der Waals surface area contributed by atoms with E-state index in [1.54, 1.807) is 0 Å². The molecule has 1 aromatic rings. The van der Waals surface area contributed by atoms with Crippen molar-refractivity contribution >= 4 is 0 Å². The van der Waals surface area contributed by atoms with Crippen LogP contribution in [0.4, 0.5) is 0 Å². The van der Waals surface area contributed by atoms with Gasteiger partial charge in [0.1, 0.15) is 0 Å². The third-order valence-corrected chi connectivity index (χ3v) is 4.53. The first kappa shape index (κ1) is 14.6. The topological polar surface area (TPSA) is 29.9 Å². The first-order valence-corrected chi connectivity index (χ1v) is 7.86. The Morgan fingerprint density at radius 3 is 2.79 bits per heavy atom. The molecule has 3 heteroatoms. The maximum atomic E-state index is 4.57. The van der Waals surface area contributed by atoms with E-state index in [0.29, 0.717) is 12.1 Å². The van der Waals surface area contributed by atoms with Crippen LogP contribution in [-0.4, -0.2) is 22.4 Å². The summed E-state index contributed by atoms with van der Waals surface area (Å²) in [7, 11) is 0. The van der Waals surface area contributed by atoms with Gasteiger partial charge in [0.25, 0.3) is 0 Å². The molecule has 1 aromatic heterocycles. The Morgan fingerprint density at radius 2 is 2.21 bits per heavy atom. The second-order valence-corrected chi connectivity index (χ2v) is 6.44. The highest BCUT2D eigenvalue weighted by Crippen LogP contribution is 2.36. The van der Waals surface area contributed by atoms with E-state index >= 15 is 0 Å². The largest absolute Gasteiger partial charge is 0.312 e. The molecule has 0 bridgehead atoms. The number of aryl methyl sites for hydroxylation is 1. The minimum atomic E-state index is 0.529. The first-order valence-electron chi connectivity index (χ1n) is 7.86. The summed E-state index contributed by atoms with van der Waals surface area (Å²) in [5.74, 6) is 1.63. The van der Waals surface area contributed by atoms with Crippen LogP contribution in [0, 0.1) is 18.8 Å². The molecule has 1 aliphatic rings. The highest BCUT2D eigenvalue weighted by molar-refractivity contribution is 5.02. The number of hydrogen-bond donors (Lipinski definition) is 1. The van der Waals surface area contributed by atoms with Gasteiger partial charge in [0.2, 0.25) is 0 Å². The Balaban J connectivity index is 2.10. The van der Waals surface area contributed by atoms with Gasteiger partial charge < -0.3 is 5.32 Å². The summed E-state index contributed by atoms with van der Waals surface area (Å²) in [6.45, 7) is 10.2. The molecule has 3 nitrogen and oxygen atoms in total. The van der Waals surface area contributed by atoms with Gasteiger partial charge in [-0.15, -0.1) is 0 Å². The van der Waals surface area contributed by atoms with Crippen LogP contribution >= 0.6 is 0 Å². The van der Waals surface area contributed by atoms with Crippen molar-refractivity contribution in [1.29, 1.82) is 0 Å². The molecule has 2 rings (SSSR count). The highest BCUT2D eigenvalue weighted by Gasteiger charge is 2.32. The molecule has 1 fully saturated rings. The fourth-order valence-electron chi connectivity index (χ4n) is 3.26. The van der Waals surface area contributed by atoms with Crippen molar-refractivity contribution in [2.24, 2.45) is 11.8 Å². The average Bonchev–Trinajstić information content (AvgIpc) is 2.82. The lowest BCUT2D eigenvalue weighted by molar-refractivity contribution is 0.162. The van der Waals surface area contributed by atoms with Crippen molar-refractivity contribution in [2.45, 2.75) is 65.5 Å². The van der Waals surface area contributed by atoms with E-state index < -0.39 is 0 Å². The Kier molecular flexibility index (Phi) is 5.03. The summed E-state index contributed by atoms with van der Waals surface area (Å²) in [4.78, 5) is 0. The van der Waals surface area contributed by atoms with Gasteiger partial charge >= 0.3 is 0 Å². The fourth-order valence-corrected chi connectivity index (χ4v) is 3.26. The van der Waals surface area contributed by atoms with E-state index in [4.69, 9.17) is 0 Å².